The predicted octanol–water partition coefficient (Wildman–Crippen LogP) is 3.82. The van der Waals surface area contributed by atoms with Crippen molar-refractivity contribution in [3.63, 3.8) is 0 Å². The van der Waals surface area contributed by atoms with Crippen LogP contribution in [0.2, 0.25) is 5.02 Å². The number of pyridine rings is 1. The first-order valence-electron chi connectivity index (χ1n) is 5.96. The van der Waals surface area contributed by atoms with Gasteiger partial charge in [-0.25, -0.2) is 0 Å². The highest BCUT2D eigenvalue weighted by Gasteiger charge is 2.11. The molecule has 0 saturated heterocycles. The summed E-state index contributed by atoms with van der Waals surface area (Å²) in [5.74, 6) is 0. The summed E-state index contributed by atoms with van der Waals surface area (Å²) in [6.07, 6.45) is 0. The van der Waals surface area contributed by atoms with E-state index in [4.69, 9.17) is 11.6 Å². The highest BCUT2D eigenvalue weighted by atomic mass is 35.5. The normalized spacial score (nSPS) is 11.6. The first kappa shape index (κ1) is 10.6. The highest BCUT2D eigenvalue weighted by Crippen LogP contribution is 2.28. The Morgan fingerprint density at radius 1 is 0.895 bits per heavy atom. The number of H-pyrrole nitrogens is 2. The second-order valence-electron chi connectivity index (χ2n) is 4.56. The summed E-state index contributed by atoms with van der Waals surface area (Å²) in [4.78, 5) is 18.5. The van der Waals surface area contributed by atoms with Gasteiger partial charge in [0.05, 0.1) is 16.4 Å². The second-order valence-corrected chi connectivity index (χ2v) is 5.00. The maximum absolute atomic E-state index is 12.2. The van der Waals surface area contributed by atoms with E-state index in [0.29, 0.717) is 10.4 Å². The maximum Gasteiger partial charge on any atom is 0.258 e. The molecule has 3 nitrogen and oxygen atoms in total. The number of aromatic amines is 2. The zero-order valence-corrected chi connectivity index (χ0v) is 10.6. The predicted molar refractivity (Wildman–Crippen MR) is 78.9 cm³/mol. The van der Waals surface area contributed by atoms with Gasteiger partial charge in [0.15, 0.2) is 0 Å². The van der Waals surface area contributed by atoms with E-state index in [1.54, 1.807) is 6.07 Å². The maximum atomic E-state index is 12.2. The van der Waals surface area contributed by atoms with Crippen LogP contribution in [0.4, 0.5) is 0 Å². The number of aromatic nitrogens is 2. The molecular formula is C15H9ClN2O. The minimum absolute atomic E-state index is 0.0812. The lowest BCUT2D eigenvalue weighted by Crippen LogP contribution is -2.05. The number of halogens is 1. The quantitative estimate of drug-likeness (QED) is 0.500. The molecule has 0 fully saturated rings. The van der Waals surface area contributed by atoms with Gasteiger partial charge in [0.2, 0.25) is 0 Å². The van der Waals surface area contributed by atoms with E-state index in [1.165, 1.54) is 0 Å². The van der Waals surface area contributed by atoms with Crippen molar-refractivity contribution in [2.75, 3.05) is 0 Å². The molecule has 0 aliphatic heterocycles. The van der Waals surface area contributed by atoms with Crippen LogP contribution < -0.4 is 5.56 Å². The van der Waals surface area contributed by atoms with E-state index in [-0.39, 0.29) is 5.56 Å². The van der Waals surface area contributed by atoms with Crippen LogP contribution in [0.3, 0.4) is 0 Å². The van der Waals surface area contributed by atoms with Crippen LogP contribution in [0, 0.1) is 0 Å². The molecule has 0 bridgehead atoms. The van der Waals surface area contributed by atoms with Gasteiger partial charge in [0, 0.05) is 21.3 Å². The molecule has 4 heteroatoms. The SMILES string of the molecule is O=c1[nH]c2ccc(Cl)cc2c2[nH]c3ccccc3c12. The summed E-state index contributed by atoms with van der Waals surface area (Å²) in [6.45, 7) is 0. The molecule has 0 aliphatic carbocycles. The Morgan fingerprint density at radius 2 is 1.68 bits per heavy atom. The zero-order chi connectivity index (χ0) is 13.0. The third kappa shape index (κ3) is 1.42. The molecule has 4 aromatic rings. The summed E-state index contributed by atoms with van der Waals surface area (Å²) in [6, 6.07) is 13.2. The number of hydrogen-bond acceptors (Lipinski definition) is 1. The van der Waals surface area contributed by atoms with Gasteiger partial charge in [-0.05, 0) is 24.3 Å². The van der Waals surface area contributed by atoms with Crippen LogP contribution in [-0.4, -0.2) is 9.97 Å². The molecule has 2 heterocycles. The molecule has 0 aliphatic rings. The Kier molecular flexibility index (Phi) is 2.03. The minimum Gasteiger partial charge on any atom is -0.354 e. The Balaban J connectivity index is 2.39. The highest BCUT2D eigenvalue weighted by molar-refractivity contribution is 6.31. The molecule has 0 saturated carbocycles. The smallest absolute Gasteiger partial charge is 0.258 e. The van der Waals surface area contributed by atoms with Gasteiger partial charge in [-0.3, -0.25) is 4.79 Å². The number of benzene rings is 2. The van der Waals surface area contributed by atoms with E-state index >= 15 is 0 Å². The average molecular weight is 269 g/mol. The molecule has 4 rings (SSSR count). The zero-order valence-electron chi connectivity index (χ0n) is 9.83. The summed E-state index contributed by atoms with van der Waals surface area (Å²) in [7, 11) is 0. The Bertz CT molecular complexity index is 997. The first-order chi connectivity index (χ1) is 9.24. The molecule has 19 heavy (non-hydrogen) atoms. The Hall–Kier alpha value is -2.26. The van der Waals surface area contributed by atoms with Crippen molar-refractivity contribution in [1.82, 2.24) is 9.97 Å². The summed E-state index contributed by atoms with van der Waals surface area (Å²) in [5.41, 5.74) is 2.49. The monoisotopic (exact) mass is 268 g/mol. The summed E-state index contributed by atoms with van der Waals surface area (Å²) >= 11 is 6.05. The van der Waals surface area contributed by atoms with Crippen LogP contribution in [-0.2, 0) is 0 Å². The van der Waals surface area contributed by atoms with Crippen molar-refractivity contribution in [3.8, 4) is 0 Å². The van der Waals surface area contributed by atoms with E-state index in [9.17, 15) is 4.79 Å². The lowest BCUT2D eigenvalue weighted by atomic mass is 10.1. The van der Waals surface area contributed by atoms with Crippen LogP contribution in [0.15, 0.2) is 47.3 Å². The number of rotatable bonds is 0. The number of para-hydroxylation sites is 1. The lowest BCUT2D eigenvalue weighted by Gasteiger charge is -2.00. The number of nitrogens with one attached hydrogen (secondary N) is 2. The van der Waals surface area contributed by atoms with Crippen LogP contribution >= 0.6 is 11.6 Å². The number of fused-ring (bicyclic) bond motifs is 5. The van der Waals surface area contributed by atoms with Gasteiger partial charge in [0.1, 0.15) is 0 Å². The van der Waals surface area contributed by atoms with Gasteiger partial charge >= 0.3 is 0 Å². The summed E-state index contributed by atoms with van der Waals surface area (Å²) < 4.78 is 0. The fourth-order valence-corrected chi connectivity index (χ4v) is 2.77. The van der Waals surface area contributed by atoms with Crippen molar-refractivity contribution in [2.24, 2.45) is 0 Å². The van der Waals surface area contributed by atoms with Crippen molar-refractivity contribution in [2.45, 2.75) is 0 Å². The van der Waals surface area contributed by atoms with Crippen molar-refractivity contribution in [1.29, 1.82) is 0 Å². The molecule has 0 amide bonds. The lowest BCUT2D eigenvalue weighted by molar-refractivity contribution is 1.35. The fourth-order valence-electron chi connectivity index (χ4n) is 2.60. The largest absolute Gasteiger partial charge is 0.354 e. The van der Waals surface area contributed by atoms with Crippen LogP contribution in [0.1, 0.15) is 0 Å². The molecule has 0 radical (unpaired) electrons. The summed E-state index contributed by atoms with van der Waals surface area (Å²) in [5, 5.41) is 3.20. The van der Waals surface area contributed by atoms with Gasteiger partial charge in [-0.15, -0.1) is 0 Å². The van der Waals surface area contributed by atoms with E-state index in [0.717, 1.165) is 27.3 Å². The molecule has 92 valence electrons. The van der Waals surface area contributed by atoms with Gasteiger partial charge in [-0.1, -0.05) is 29.8 Å². The second kappa shape index (κ2) is 3.62. The first-order valence-corrected chi connectivity index (χ1v) is 6.34. The molecule has 2 N–H and O–H groups in total. The molecule has 2 aromatic heterocycles. The van der Waals surface area contributed by atoms with Crippen LogP contribution in [0.5, 0.6) is 0 Å². The van der Waals surface area contributed by atoms with E-state index < -0.39 is 0 Å². The fraction of sp³-hybridized carbons (Fsp3) is 0. The number of hydrogen-bond donors (Lipinski definition) is 2. The molecule has 2 aromatic carbocycles. The average Bonchev–Trinajstić information content (AvgIpc) is 2.80. The van der Waals surface area contributed by atoms with Crippen molar-refractivity contribution in [3.05, 3.63) is 57.8 Å². The topological polar surface area (TPSA) is 48.6 Å². The third-order valence-corrected chi connectivity index (χ3v) is 3.67. The Labute approximate surface area is 112 Å². The van der Waals surface area contributed by atoms with Gasteiger partial charge < -0.3 is 9.97 Å². The van der Waals surface area contributed by atoms with Crippen molar-refractivity contribution < 1.29 is 0 Å². The van der Waals surface area contributed by atoms with Gasteiger partial charge in [-0.2, -0.15) is 0 Å². The third-order valence-electron chi connectivity index (χ3n) is 3.43. The Morgan fingerprint density at radius 3 is 2.58 bits per heavy atom. The van der Waals surface area contributed by atoms with Crippen molar-refractivity contribution >= 4 is 44.3 Å². The van der Waals surface area contributed by atoms with Gasteiger partial charge in [0.25, 0.3) is 5.56 Å². The molecule has 0 atom stereocenters. The standard InChI is InChI=1S/C15H9ClN2O/c16-8-5-6-12-10(7-8)14-13(15(19)18-12)9-3-1-2-4-11(9)17-14/h1-7,17H,(H,18,19). The van der Waals surface area contributed by atoms with E-state index in [2.05, 4.69) is 9.97 Å². The van der Waals surface area contributed by atoms with E-state index in [1.807, 2.05) is 36.4 Å². The molecule has 0 unspecified atom stereocenters. The van der Waals surface area contributed by atoms with Crippen LogP contribution in [0.25, 0.3) is 32.7 Å². The molecular weight excluding hydrogens is 260 g/mol. The minimum atomic E-state index is -0.0812. The molecule has 0 spiro atoms.